The molecule has 0 aliphatic carbocycles. The van der Waals surface area contributed by atoms with Crippen LogP contribution in [0.3, 0.4) is 0 Å². The lowest BCUT2D eigenvalue weighted by Gasteiger charge is -2.13. The molecule has 1 rings (SSSR count). The summed E-state index contributed by atoms with van der Waals surface area (Å²) in [7, 11) is 0. The molecule has 0 saturated carbocycles. The van der Waals surface area contributed by atoms with Crippen molar-refractivity contribution in [3.8, 4) is 0 Å². The number of halogens is 6. The number of hydrogen-bond acceptors (Lipinski definition) is 3. The first-order valence-corrected chi connectivity index (χ1v) is 7.69. The Balaban J connectivity index is 3.16. The van der Waals surface area contributed by atoms with E-state index in [1.165, 1.54) is 25.1 Å². The molecule has 0 fully saturated rings. The molecule has 0 saturated heterocycles. The predicted molar refractivity (Wildman–Crippen MR) is 78.6 cm³/mol. The van der Waals surface area contributed by atoms with Crippen LogP contribution in [0.1, 0.15) is 18.1 Å². The number of ether oxygens (including phenoxy) is 1. The average Bonchev–Trinajstić information content (AvgIpc) is 2.44. The zero-order valence-electron chi connectivity index (χ0n) is 12.7. The summed E-state index contributed by atoms with van der Waals surface area (Å²) in [6, 6.07) is 4.12. The minimum Gasteiger partial charge on any atom is -0.493 e. The second-order valence-corrected chi connectivity index (χ2v) is 5.70. The van der Waals surface area contributed by atoms with E-state index in [0.717, 1.165) is 0 Å². The highest BCUT2D eigenvalue weighted by Gasteiger charge is 2.37. The van der Waals surface area contributed by atoms with E-state index in [9.17, 15) is 31.1 Å². The van der Waals surface area contributed by atoms with E-state index in [2.05, 4.69) is 0 Å². The van der Waals surface area contributed by atoms with Crippen LogP contribution in [-0.2, 0) is 9.53 Å². The van der Waals surface area contributed by atoms with E-state index in [-0.39, 0.29) is 22.8 Å². The number of carbonyl (C=O) groups excluding carboxylic acids is 1. The van der Waals surface area contributed by atoms with Crippen LogP contribution >= 0.6 is 11.8 Å². The monoisotopic (exact) mass is 372 g/mol. The molecule has 0 aromatic heterocycles. The predicted octanol–water partition coefficient (Wildman–Crippen LogP) is 5.16. The van der Waals surface area contributed by atoms with Crippen LogP contribution in [0.2, 0.25) is 0 Å². The summed E-state index contributed by atoms with van der Waals surface area (Å²) in [6.07, 6.45) is -9.13. The van der Waals surface area contributed by atoms with Crippen LogP contribution in [0.5, 0.6) is 0 Å². The SMILES string of the molecule is CCOC(=CC(=O)C(F)(F)F)c1ccc(C)c(SCC(F)(F)F)c1. The minimum absolute atomic E-state index is 0.00409. The third-order valence-electron chi connectivity index (χ3n) is 2.71. The molecule has 134 valence electrons. The molecule has 0 heterocycles. The molecule has 24 heavy (non-hydrogen) atoms. The lowest BCUT2D eigenvalue weighted by Crippen LogP contribution is -2.20. The molecule has 0 unspecified atom stereocenters. The van der Waals surface area contributed by atoms with Crippen molar-refractivity contribution >= 4 is 23.3 Å². The van der Waals surface area contributed by atoms with E-state index in [1.54, 1.807) is 6.92 Å². The number of alkyl halides is 6. The topological polar surface area (TPSA) is 26.3 Å². The Kier molecular flexibility index (Phi) is 6.76. The lowest BCUT2D eigenvalue weighted by molar-refractivity contribution is -0.165. The van der Waals surface area contributed by atoms with Gasteiger partial charge in [0, 0.05) is 16.5 Å². The van der Waals surface area contributed by atoms with Gasteiger partial charge in [0.05, 0.1) is 12.4 Å². The quantitative estimate of drug-likeness (QED) is 0.299. The van der Waals surface area contributed by atoms with Crippen LogP contribution in [-0.4, -0.2) is 30.5 Å². The summed E-state index contributed by atoms with van der Waals surface area (Å²) in [5, 5.41) is 0. The largest absolute Gasteiger partial charge is 0.493 e. The van der Waals surface area contributed by atoms with Gasteiger partial charge < -0.3 is 4.74 Å². The second-order valence-electron chi connectivity index (χ2n) is 4.69. The smallest absolute Gasteiger partial charge is 0.454 e. The van der Waals surface area contributed by atoms with Crippen molar-refractivity contribution in [1.29, 1.82) is 0 Å². The van der Waals surface area contributed by atoms with Gasteiger partial charge in [-0.2, -0.15) is 26.3 Å². The van der Waals surface area contributed by atoms with Crippen LogP contribution < -0.4 is 0 Å². The first-order chi connectivity index (χ1) is 10.9. The van der Waals surface area contributed by atoms with Gasteiger partial charge in [-0.3, -0.25) is 4.79 Å². The lowest BCUT2D eigenvalue weighted by atomic mass is 10.1. The van der Waals surface area contributed by atoms with Crippen molar-refractivity contribution < 1.29 is 35.9 Å². The number of carbonyl (C=O) groups is 1. The summed E-state index contributed by atoms with van der Waals surface area (Å²) in [6.45, 7) is 3.09. The van der Waals surface area contributed by atoms with Gasteiger partial charge in [-0.25, -0.2) is 0 Å². The molecule has 0 radical (unpaired) electrons. The summed E-state index contributed by atoms with van der Waals surface area (Å²) >= 11 is 0.513. The molecule has 1 aromatic carbocycles. The van der Waals surface area contributed by atoms with E-state index in [4.69, 9.17) is 4.74 Å². The average molecular weight is 372 g/mol. The van der Waals surface area contributed by atoms with Crippen LogP contribution in [0.25, 0.3) is 5.76 Å². The van der Waals surface area contributed by atoms with Gasteiger partial charge in [-0.15, -0.1) is 11.8 Å². The molecule has 0 aliphatic rings. The fourth-order valence-corrected chi connectivity index (χ4v) is 2.46. The Morgan fingerprint density at radius 2 is 1.83 bits per heavy atom. The van der Waals surface area contributed by atoms with Gasteiger partial charge in [0.25, 0.3) is 5.78 Å². The van der Waals surface area contributed by atoms with Gasteiger partial charge in [0.2, 0.25) is 0 Å². The molecule has 1 aromatic rings. The zero-order chi connectivity index (χ0) is 18.5. The number of ketones is 1. The molecule has 9 heteroatoms. The Morgan fingerprint density at radius 3 is 2.33 bits per heavy atom. The van der Waals surface area contributed by atoms with E-state index in [0.29, 0.717) is 23.4 Å². The van der Waals surface area contributed by atoms with Gasteiger partial charge in [-0.1, -0.05) is 12.1 Å². The molecule has 0 N–H and O–H groups in total. The van der Waals surface area contributed by atoms with Crippen molar-refractivity contribution in [2.45, 2.75) is 31.1 Å². The molecule has 0 bridgehead atoms. The third kappa shape index (κ3) is 6.46. The van der Waals surface area contributed by atoms with Crippen LogP contribution in [0.4, 0.5) is 26.3 Å². The third-order valence-corrected chi connectivity index (χ3v) is 3.93. The highest BCUT2D eigenvalue weighted by atomic mass is 32.2. The van der Waals surface area contributed by atoms with E-state index in [1.807, 2.05) is 0 Å². The number of benzene rings is 1. The fraction of sp³-hybridized carbons (Fsp3) is 0.400. The number of allylic oxidation sites excluding steroid dienone is 1. The molecule has 2 nitrogen and oxygen atoms in total. The number of thioether (sulfide) groups is 1. The van der Waals surface area contributed by atoms with Crippen molar-refractivity contribution in [3.63, 3.8) is 0 Å². The number of rotatable bonds is 6. The van der Waals surface area contributed by atoms with Gasteiger partial charge >= 0.3 is 12.4 Å². The Labute approximate surface area is 138 Å². The number of aryl methyl sites for hydroxylation is 1. The standard InChI is InChI=1S/C15H14F6O2S/c1-3-23-11(7-13(22)15(19,20)21)10-5-4-9(2)12(6-10)24-8-14(16,17)18/h4-7H,3,8H2,1-2H3. The normalized spacial score (nSPS) is 13.1. The molecular formula is C15H14F6O2S. The van der Waals surface area contributed by atoms with Crippen molar-refractivity contribution in [2.75, 3.05) is 12.4 Å². The highest BCUT2D eigenvalue weighted by Crippen LogP contribution is 2.32. The highest BCUT2D eigenvalue weighted by molar-refractivity contribution is 7.99. The maximum atomic E-state index is 12.4. The van der Waals surface area contributed by atoms with Crippen molar-refractivity contribution in [1.82, 2.24) is 0 Å². The second kappa shape index (κ2) is 7.96. The summed E-state index contributed by atoms with van der Waals surface area (Å²) in [4.78, 5) is 11.3. The molecule has 0 spiro atoms. The maximum absolute atomic E-state index is 12.4. The minimum atomic E-state index is -5.05. The van der Waals surface area contributed by atoms with E-state index < -0.39 is 23.9 Å². The Hall–Kier alpha value is -1.64. The van der Waals surface area contributed by atoms with Crippen molar-refractivity contribution in [2.24, 2.45) is 0 Å². The first-order valence-electron chi connectivity index (χ1n) is 6.70. The Bertz CT molecular complexity index is 619. The Morgan fingerprint density at radius 1 is 1.21 bits per heavy atom. The summed E-state index contributed by atoms with van der Waals surface area (Å²) in [5.41, 5.74) is 0.635. The zero-order valence-corrected chi connectivity index (χ0v) is 13.5. The fourth-order valence-electron chi connectivity index (χ4n) is 1.63. The van der Waals surface area contributed by atoms with Gasteiger partial charge in [0.1, 0.15) is 5.76 Å². The van der Waals surface area contributed by atoms with Crippen molar-refractivity contribution in [3.05, 3.63) is 35.4 Å². The van der Waals surface area contributed by atoms with Gasteiger partial charge in [0.15, 0.2) is 0 Å². The first kappa shape index (κ1) is 20.4. The van der Waals surface area contributed by atoms with Crippen LogP contribution in [0.15, 0.2) is 29.2 Å². The summed E-state index contributed by atoms with van der Waals surface area (Å²) < 4.78 is 79.2. The van der Waals surface area contributed by atoms with Gasteiger partial charge in [-0.05, 0) is 25.5 Å². The molecule has 0 aliphatic heterocycles. The van der Waals surface area contributed by atoms with E-state index >= 15 is 0 Å². The molecular weight excluding hydrogens is 358 g/mol. The van der Waals surface area contributed by atoms with Crippen LogP contribution in [0, 0.1) is 6.92 Å². The maximum Gasteiger partial charge on any atom is 0.454 e. The summed E-state index contributed by atoms with van der Waals surface area (Å²) in [5.74, 6) is -3.57. The molecule has 0 atom stereocenters. The molecule has 0 amide bonds. The number of hydrogen-bond donors (Lipinski definition) is 0.